The zero-order valence-corrected chi connectivity index (χ0v) is 15.0. The number of hydrogen-bond acceptors (Lipinski definition) is 4. The van der Waals surface area contributed by atoms with Crippen LogP contribution in [-0.4, -0.2) is 27.2 Å². The Hall–Kier alpha value is -3.48. The first-order valence-corrected chi connectivity index (χ1v) is 8.68. The monoisotopic (exact) mass is 364 g/mol. The Morgan fingerprint density at radius 1 is 1.15 bits per heavy atom. The topological polar surface area (TPSA) is 90.1 Å². The number of rotatable bonds is 7. The zero-order valence-electron chi connectivity index (χ0n) is 15.0. The molecule has 0 saturated carbocycles. The van der Waals surface area contributed by atoms with Crippen LogP contribution >= 0.6 is 0 Å². The van der Waals surface area contributed by atoms with Crippen molar-refractivity contribution in [2.45, 2.75) is 19.8 Å². The van der Waals surface area contributed by atoms with Crippen LogP contribution in [0.1, 0.15) is 28.0 Å². The maximum Gasteiger partial charge on any atom is 0.282 e. The number of aryl methyl sites for hydroxylation is 2. The second-order valence-corrected chi connectivity index (χ2v) is 6.15. The third kappa shape index (κ3) is 4.38. The SMILES string of the molecule is Cc1nn(-c2ccccc2)cc1CCCNC(=O)c1ccccc1[N+](=O)[O-]. The molecule has 7 nitrogen and oxygen atoms in total. The first-order valence-electron chi connectivity index (χ1n) is 8.68. The van der Waals surface area contributed by atoms with Gasteiger partial charge in [0.1, 0.15) is 5.56 Å². The summed E-state index contributed by atoms with van der Waals surface area (Å²) in [5, 5.41) is 18.3. The summed E-state index contributed by atoms with van der Waals surface area (Å²) in [6.07, 6.45) is 3.47. The number of nitro groups is 1. The van der Waals surface area contributed by atoms with Gasteiger partial charge in [-0.1, -0.05) is 30.3 Å². The van der Waals surface area contributed by atoms with E-state index in [2.05, 4.69) is 10.4 Å². The van der Waals surface area contributed by atoms with Gasteiger partial charge < -0.3 is 5.32 Å². The molecule has 0 aliphatic rings. The number of benzene rings is 2. The van der Waals surface area contributed by atoms with Gasteiger partial charge in [0.25, 0.3) is 11.6 Å². The highest BCUT2D eigenvalue weighted by atomic mass is 16.6. The number of nitrogens with zero attached hydrogens (tertiary/aromatic N) is 3. The first kappa shape index (κ1) is 18.3. The van der Waals surface area contributed by atoms with Gasteiger partial charge in [0.15, 0.2) is 0 Å². The van der Waals surface area contributed by atoms with Gasteiger partial charge >= 0.3 is 0 Å². The van der Waals surface area contributed by atoms with E-state index in [-0.39, 0.29) is 11.3 Å². The summed E-state index contributed by atoms with van der Waals surface area (Å²) in [4.78, 5) is 22.7. The molecular formula is C20H20N4O3. The largest absolute Gasteiger partial charge is 0.352 e. The van der Waals surface area contributed by atoms with Crippen molar-refractivity contribution in [3.63, 3.8) is 0 Å². The van der Waals surface area contributed by atoms with Gasteiger partial charge in [-0.3, -0.25) is 14.9 Å². The molecule has 0 saturated heterocycles. The molecule has 0 radical (unpaired) electrons. The number of nitrogens with one attached hydrogen (secondary N) is 1. The number of amides is 1. The molecule has 7 heteroatoms. The highest BCUT2D eigenvalue weighted by molar-refractivity contribution is 5.98. The van der Waals surface area contributed by atoms with Crippen LogP contribution in [0.25, 0.3) is 5.69 Å². The lowest BCUT2D eigenvalue weighted by Crippen LogP contribution is -2.25. The Bertz CT molecular complexity index is 951. The highest BCUT2D eigenvalue weighted by Crippen LogP contribution is 2.17. The lowest BCUT2D eigenvalue weighted by Gasteiger charge is -2.05. The molecule has 0 spiro atoms. The standard InChI is InChI=1S/C20H20N4O3/c1-15-16(14-23(22-15)17-9-3-2-4-10-17)8-7-13-21-20(25)18-11-5-6-12-19(18)24(26)27/h2-6,9-12,14H,7-8,13H2,1H3,(H,21,25). The summed E-state index contributed by atoms with van der Waals surface area (Å²) in [7, 11) is 0. The minimum Gasteiger partial charge on any atom is -0.352 e. The molecule has 0 fully saturated rings. The summed E-state index contributed by atoms with van der Waals surface area (Å²) < 4.78 is 1.84. The number of hydrogen-bond donors (Lipinski definition) is 1. The molecule has 3 rings (SSSR count). The molecular weight excluding hydrogens is 344 g/mol. The lowest BCUT2D eigenvalue weighted by atomic mass is 10.1. The average Bonchev–Trinajstić information content (AvgIpc) is 3.06. The van der Waals surface area contributed by atoms with Crippen LogP contribution in [0.3, 0.4) is 0 Å². The Morgan fingerprint density at radius 3 is 2.59 bits per heavy atom. The van der Waals surface area contributed by atoms with E-state index in [0.717, 1.165) is 23.4 Å². The van der Waals surface area contributed by atoms with Crippen LogP contribution in [-0.2, 0) is 6.42 Å². The van der Waals surface area contributed by atoms with Gasteiger partial charge in [0.2, 0.25) is 0 Å². The molecule has 2 aromatic carbocycles. The third-order valence-corrected chi connectivity index (χ3v) is 4.28. The molecule has 1 heterocycles. The van der Waals surface area contributed by atoms with Crippen LogP contribution in [0, 0.1) is 17.0 Å². The summed E-state index contributed by atoms with van der Waals surface area (Å²) in [5.41, 5.74) is 2.95. The van der Waals surface area contributed by atoms with Crippen molar-refractivity contribution in [3.8, 4) is 5.69 Å². The predicted molar refractivity (Wildman–Crippen MR) is 102 cm³/mol. The van der Waals surface area contributed by atoms with Gasteiger partial charge in [0.05, 0.1) is 16.3 Å². The maximum atomic E-state index is 12.2. The number of para-hydroxylation sites is 2. The smallest absolute Gasteiger partial charge is 0.282 e. The first-order chi connectivity index (χ1) is 13.1. The van der Waals surface area contributed by atoms with Crippen molar-refractivity contribution in [2.24, 2.45) is 0 Å². The molecule has 0 atom stereocenters. The molecule has 27 heavy (non-hydrogen) atoms. The van der Waals surface area contributed by atoms with Gasteiger partial charge in [0, 0.05) is 18.8 Å². The number of carbonyl (C=O) groups is 1. The highest BCUT2D eigenvalue weighted by Gasteiger charge is 2.18. The summed E-state index contributed by atoms with van der Waals surface area (Å²) >= 11 is 0. The van der Waals surface area contributed by atoms with E-state index >= 15 is 0 Å². The molecule has 0 unspecified atom stereocenters. The summed E-state index contributed by atoms with van der Waals surface area (Å²) in [6.45, 7) is 2.39. The van der Waals surface area contributed by atoms with E-state index in [4.69, 9.17) is 0 Å². The van der Waals surface area contributed by atoms with Gasteiger partial charge in [-0.25, -0.2) is 4.68 Å². The third-order valence-electron chi connectivity index (χ3n) is 4.28. The van der Waals surface area contributed by atoms with E-state index in [1.165, 1.54) is 12.1 Å². The van der Waals surface area contributed by atoms with Crippen LogP contribution in [0.2, 0.25) is 0 Å². The van der Waals surface area contributed by atoms with Crippen LogP contribution in [0.4, 0.5) is 5.69 Å². The van der Waals surface area contributed by atoms with Crippen molar-refractivity contribution in [1.29, 1.82) is 0 Å². The quantitative estimate of drug-likeness (QED) is 0.395. The molecule has 0 aliphatic heterocycles. The molecule has 138 valence electrons. The molecule has 0 bridgehead atoms. The maximum absolute atomic E-state index is 12.2. The Kier molecular flexibility index (Phi) is 5.61. The van der Waals surface area contributed by atoms with E-state index in [9.17, 15) is 14.9 Å². The van der Waals surface area contributed by atoms with E-state index in [0.29, 0.717) is 13.0 Å². The van der Waals surface area contributed by atoms with Crippen molar-refractivity contribution in [3.05, 3.63) is 87.7 Å². The summed E-state index contributed by atoms with van der Waals surface area (Å²) in [5.74, 6) is -0.431. The van der Waals surface area contributed by atoms with Gasteiger partial charge in [-0.05, 0) is 43.5 Å². The molecule has 0 aliphatic carbocycles. The molecule has 1 aromatic heterocycles. The van der Waals surface area contributed by atoms with Crippen LogP contribution < -0.4 is 5.32 Å². The van der Waals surface area contributed by atoms with Crippen LogP contribution in [0.5, 0.6) is 0 Å². The lowest BCUT2D eigenvalue weighted by molar-refractivity contribution is -0.385. The Labute approximate surface area is 156 Å². The summed E-state index contributed by atoms with van der Waals surface area (Å²) in [6, 6.07) is 15.8. The molecule has 1 amide bonds. The van der Waals surface area contributed by atoms with Crippen molar-refractivity contribution in [1.82, 2.24) is 15.1 Å². The van der Waals surface area contributed by atoms with Crippen molar-refractivity contribution < 1.29 is 9.72 Å². The molecule has 1 N–H and O–H groups in total. The average molecular weight is 364 g/mol. The fourth-order valence-electron chi connectivity index (χ4n) is 2.86. The predicted octanol–water partition coefficient (Wildman–Crippen LogP) is 3.45. The molecule has 3 aromatic rings. The normalized spacial score (nSPS) is 10.6. The van der Waals surface area contributed by atoms with E-state index in [1.54, 1.807) is 12.1 Å². The minimum absolute atomic E-state index is 0.0792. The second-order valence-electron chi connectivity index (χ2n) is 6.15. The second kappa shape index (κ2) is 8.27. The van der Waals surface area contributed by atoms with Gasteiger partial charge in [-0.15, -0.1) is 0 Å². The van der Waals surface area contributed by atoms with Crippen molar-refractivity contribution >= 4 is 11.6 Å². The zero-order chi connectivity index (χ0) is 19.2. The fourth-order valence-corrected chi connectivity index (χ4v) is 2.86. The van der Waals surface area contributed by atoms with Crippen molar-refractivity contribution in [2.75, 3.05) is 6.54 Å². The fraction of sp³-hybridized carbons (Fsp3) is 0.200. The Balaban J connectivity index is 1.56. The van der Waals surface area contributed by atoms with Gasteiger partial charge in [-0.2, -0.15) is 5.10 Å². The number of carbonyl (C=O) groups excluding carboxylic acids is 1. The van der Waals surface area contributed by atoms with E-state index in [1.807, 2.05) is 48.1 Å². The number of aromatic nitrogens is 2. The Morgan fingerprint density at radius 2 is 1.85 bits per heavy atom. The van der Waals surface area contributed by atoms with E-state index < -0.39 is 10.8 Å². The minimum atomic E-state index is -0.545. The van der Waals surface area contributed by atoms with Crippen LogP contribution in [0.15, 0.2) is 60.8 Å². The number of nitro benzene ring substituents is 1.